The minimum atomic E-state index is -1.14. The molecule has 0 aromatic heterocycles. The average molecular weight is 580 g/mol. The van der Waals surface area contributed by atoms with E-state index in [1.54, 1.807) is 0 Å². The van der Waals surface area contributed by atoms with Crippen molar-refractivity contribution in [2.45, 2.75) is 37.6 Å². The summed E-state index contributed by atoms with van der Waals surface area (Å²) in [5.41, 5.74) is 6.04. The van der Waals surface area contributed by atoms with Crippen LogP contribution in [0, 0.1) is 5.92 Å². The highest BCUT2D eigenvalue weighted by Crippen LogP contribution is 2.45. The highest BCUT2D eigenvalue weighted by molar-refractivity contribution is 6.02. The lowest BCUT2D eigenvalue weighted by Gasteiger charge is -2.38. The van der Waals surface area contributed by atoms with Crippen LogP contribution in [0.1, 0.15) is 54.0 Å². The highest BCUT2D eigenvalue weighted by atomic mass is 16.5. The maximum Gasteiger partial charge on any atom is 0.407 e. The van der Waals surface area contributed by atoms with E-state index in [1.165, 1.54) is 11.1 Å². The summed E-state index contributed by atoms with van der Waals surface area (Å²) in [7, 11) is 0. The van der Waals surface area contributed by atoms with Crippen LogP contribution in [0.2, 0.25) is 0 Å². The van der Waals surface area contributed by atoms with Crippen molar-refractivity contribution in [3.8, 4) is 11.1 Å². The predicted octanol–water partition coefficient (Wildman–Crippen LogP) is 8.54. The van der Waals surface area contributed by atoms with E-state index in [9.17, 15) is 4.79 Å². The van der Waals surface area contributed by atoms with E-state index in [0.717, 1.165) is 27.8 Å². The minimum absolute atomic E-state index is 0.0667. The molecular weight excluding hydrogens is 542 g/mol. The van der Waals surface area contributed by atoms with Gasteiger partial charge in [-0.25, -0.2) is 4.79 Å². The van der Waals surface area contributed by atoms with Gasteiger partial charge in [0.05, 0.1) is 6.04 Å². The molecule has 4 nitrogen and oxygen atoms in total. The second-order valence-electron chi connectivity index (χ2n) is 11.5. The average Bonchev–Trinajstić information content (AvgIpc) is 3.41. The molecule has 0 fully saturated rings. The van der Waals surface area contributed by atoms with Crippen LogP contribution >= 0.6 is 0 Å². The molecule has 0 heterocycles. The Bertz CT molecular complexity index is 1590. The molecule has 0 saturated carbocycles. The summed E-state index contributed by atoms with van der Waals surface area (Å²) in [4.78, 5) is 28.8. The normalized spacial score (nSPS) is 13.8. The smallest absolute Gasteiger partial charge is 0.407 e. The quantitative estimate of drug-likeness (QED) is 0.169. The van der Waals surface area contributed by atoms with Gasteiger partial charge in [-0.05, 0) is 44.9 Å². The summed E-state index contributed by atoms with van der Waals surface area (Å²) in [6, 6.07) is 45.3. The number of carbonyl (C=O) groups excluding carboxylic acids is 2. The van der Waals surface area contributed by atoms with E-state index < -0.39 is 17.6 Å². The molecule has 1 aliphatic carbocycles. The van der Waals surface area contributed by atoms with E-state index in [2.05, 4.69) is 29.6 Å². The van der Waals surface area contributed by atoms with E-state index in [4.69, 9.17) is 4.74 Å². The fourth-order valence-electron chi connectivity index (χ4n) is 6.69. The van der Waals surface area contributed by atoms with E-state index >= 15 is 4.79 Å². The molecule has 1 amide bonds. The molecule has 0 aliphatic heterocycles. The Morgan fingerprint density at radius 3 is 1.50 bits per heavy atom. The van der Waals surface area contributed by atoms with Crippen LogP contribution in [-0.4, -0.2) is 24.5 Å². The Balaban J connectivity index is 1.35. The Kier molecular flexibility index (Phi) is 8.42. The first-order chi connectivity index (χ1) is 21.6. The van der Waals surface area contributed by atoms with Gasteiger partial charge in [0, 0.05) is 5.92 Å². The molecular formula is C40H37NO3. The first-order valence-corrected chi connectivity index (χ1v) is 15.4. The number of Topliss-reactive ketones (excluding diaryl/α,β-unsaturated/α-hetero) is 1. The molecule has 0 unspecified atom stereocenters. The lowest BCUT2D eigenvalue weighted by molar-refractivity contribution is -0.125. The number of ether oxygens (including phenoxy) is 1. The third-order valence-electron chi connectivity index (χ3n) is 9.10. The van der Waals surface area contributed by atoms with Gasteiger partial charge in [-0.1, -0.05) is 160 Å². The molecule has 220 valence electrons. The number of carbonyl (C=O) groups is 2. The summed E-state index contributed by atoms with van der Waals surface area (Å²) in [5.74, 6) is -0.301. The Morgan fingerprint density at radius 2 is 1.07 bits per heavy atom. The molecule has 6 rings (SSSR count). The molecule has 0 radical (unpaired) electrons. The van der Waals surface area contributed by atoms with Crippen molar-refractivity contribution < 1.29 is 14.3 Å². The third kappa shape index (κ3) is 5.22. The van der Waals surface area contributed by atoms with Gasteiger partial charge in [-0.15, -0.1) is 0 Å². The summed E-state index contributed by atoms with van der Waals surface area (Å²) in [6.07, 6.45) is 0.114. The van der Waals surface area contributed by atoms with Crippen molar-refractivity contribution in [2.75, 3.05) is 6.61 Å². The van der Waals surface area contributed by atoms with Gasteiger partial charge in [-0.2, -0.15) is 0 Å². The minimum Gasteiger partial charge on any atom is -0.449 e. The number of fused-ring (bicyclic) bond motifs is 3. The standard InChI is InChI=1S/C40H37NO3/c1-3-28(2)37(41-39(43)44-27-36-34-25-15-13-23-32(34)33-24-14-16-26-35(33)36)38(42)40(29-17-7-4-8-18-29,30-19-9-5-10-20-30)31-21-11-6-12-22-31/h4-26,28,36-37H,3,27H2,1-2H3,(H,41,43)/t28-,37-/m0/s1. The van der Waals surface area contributed by atoms with E-state index in [-0.39, 0.29) is 24.2 Å². The van der Waals surface area contributed by atoms with E-state index in [0.29, 0.717) is 6.42 Å². The highest BCUT2D eigenvalue weighted by Gasteiger charge is 2.48. The van der Waals surface area contributed by atoms with Crippen molar-refractivity contribution >= 4 is 11.9 Å². The molecule has 5 aromatic rings. The van der Waals surface area contributed by atoms with Crippen molar-refractivity contribution in [2.24, 2.45) is 5.92 Å². The second kappa shape index (κ2) is 12.7. The zero-order chi connectivity index (χ0) is 30.5. The predicted molar refractivity (Wildman–Crippen MR) is 176 cm³/mol. The molecule has 5 aromatic carbocycles. The Morgan fingerprint density at radius 1 is 0.659 bits per heavy atom. The monoisotopic (exact) mass is 579 g/mol. The lowest BCUT2D eigenvalue weighted by Crippen LogP contribution is -2.54. The van der Waals surface area contributed by atoms with Gasteiger partial charge in [0.1, 0.15) is 12.0 Å². The van der Waals surface area contributed by atoms with Crippen LogP contribution in [0.5, 0.6) is 0 Å². The van der Waals surface area contributed by atoms with Crippen molar-refractivity contribution in [1.82, 2.24) is 5.32 Å². The van der Waals surface area contributed by atoms with Gasteiger partial charge in [0.25, 0.3) is 0 Å². The van der Waals surface area contributed by atoms with Gasteiger partial charge < -0.3 is 10.1 Å². The van der Waals surface area contributed by atoms with Crippen LogP contribution in [0.4, 0.5) is 4.79 Å². The number of hydrogen-bond acceptors (Lipinski definition) is 3. The van der Waals surface area contributed by atoms with Crippen LogP contribution in [0.3, 0.4) is 0 Å². The fraction of sp³-hybridized carbons (Fsp3) is 0.200. The maximum atomic E-state index is 15.2. The first-order valence-electron chi connectivity index (χ1n) is 15.4. The Labute approximate surface area is 259 Å². The summed E-state index contributed by atoms with van der Waals surface area (Å²) in [5, 5.41) is 3.04. The van der Waals surface area contributed by atoms with E-state index in [1.807, 2.05) is 129 Å². The van der Waals surface area contributed by atoms with Gasteiger partial charge in [0.2, 0.25) is 0 Å². The van der Waals surface area contributed by atoms with Crippen molar-refractivity contribution in [3.05, 3.63) is 167 Å². The molecule has 0 saturated heterocycles. The Hall–Kier alpha value is -4.96. The first kappa shape index (κ1) is 29.1. The summed E-state index contributed by atoms with van der Waals surface area (Å²) in [6.45, 7) is 4.24. The van der Waals surface area contributed by atoms with Crippen molar-refractivity contribution in [1.29, 1.82) is 0 Å². The van der Waals surface area contributed by atoms with Gasteiger partial charge in [0.15, 0.2) is 5.78 Å². The SMILES string of the molecule is CC[C@H](C)[C@H](NC(=O)OCC1c2ccccc2-c2ccccc21)C(=O)C(c1ccccc1)(c1ccccc1)c1ccccc1. The van der Waals surface area contributed by atoms with Gasteiger partial charge in [-0.3, -0.25) is 4.79 Å². The third-order valence-corrected chi connectivity index (χ3v) is 9.10. The number of nitrogens with one attached hydrogen (secondary N) is 1. The topological polar surface area (TPSA) is 55.4 Å². The molecule has 1 aliphatic rings. The number of rotatable bonds is 10. The molecule has 4 heteroatoms. The largest absolute Gasteiger partial charge is 0.449 e. The molecule has 1 N–H and O–H groups in total. The van der Waals surface area contributed by atoms with Crippen LogP contribution < -0.4 is 5.32 Å². The number of alkyl carbamates (subject to hydrolysis) is 1. The van der Waals surface area contributed by atoms with Crippen LogP contribution in [-0.2, 0) is 14.9 Å². The molecule has 0 spiro atoms. The zero-order valence-electron chi connectivity index (χ0n) is 25.2. The summed E-state index contributed by atoms with van der Waals surface area (Å²) < 4.78 is 5.94. The summed E-state index contributed by atoms with van der Waals surface area (Å²) >= 11 is 0. The second-order valence-corrected chi connectivity index (χ2v) is 11.5. The zero-order valence-corrected chi connectivity index (χ0v) is 25.2. The number of ketones is 1. The van der Waals surface area contributed by atoms with Gasteiger partial charge >= 0.3 is 6.09 Å². The number of hydrogen-bond donors (Lipinski definition) is 1. The van der Waals surface area contributed by atoms with Crippen molar-refractivity contribution in [3.63, 3.8) is 0 Å². The molecule has 44 heavy (non-hydrogen) atoms. The molecule has 0 bridgehead atoms. The lowest BCUT2D eigenvalue weighted by atomic mass is 9.64. The van der Waals surface area contributed by atoms with Crippen LogP contribution in [0.25, 0.3) is 11.1 Å². The number of benzene rings is 5. The number of amides is 1. The fourth-order valence-corrected chi connectivity index (χ4v) is 6.69. The molecule has 2 atom stereocenters. The van der Waals surface area contributed by atoms with Crippen LogP contribution in [0.15, 0.2) is 140 Å². The maximum absolute atomic E-state index is 15.2.